The largest absolute Gasteiger partial charge is 0.472 e. The van der Waals surface area contributed by atoms with Crippen LogP contribution in [0, 0.1) is 22.2 Å². The van der Waals surface area contributed by atoms with Crippen LogP contribution in [0.15, 0.2) is 34.7 Å². The van der Waals surface area contributed by atoms with E-state index in [-0.39, 0.29) is 17.9 Å². The van der Waals surface area contributed by atoms with E-state index >= 15 is 0 Å². The summed E-state index contributed by atoms with van der Waals surface area (Å²) in [5.41, 5.74) is -2.22. The third kappa shape index (κ3) is 2.20. The van der Waals surface area contributed by atoms with E-state index in [2.05, 4.69) is 0 Å². The number of allylic oxidation sites excluding steroid dienone is 1. The van der Waals surface area contributed by atoms with Gasteiger partial charge in [0.1, 0.15) is 23.2 Å². The van der Waals surface area contributed by atoms with Crippen LogP contribution in [-0.2, 0) is 28.6 Å². The molecular weight excluding hydrogens is 412 g/mol. The second-order valence-electron chi connectivity index (χ2n) is 10.4. The van der Waals surface area contributed by atoms with E-state index in [9.17, 15) is 14.4 Å². The number of furan rings is 1. The average molecular weight is 443 g/mol. The molecule has 32 heavy (non-hydrogen) atoms. The van der Waals surface area contributed by atoms with Crippen LogP contribution in [0.1, 0.15) is 72.0 Å². The third-order valence-corrected chi connectivity index (χ3v) is 9.52. The van der Waals surface area contributed by atoms with Crippen molar-refractivity contribution < 1.29 is 33.0 Å². The van der Waals surface area contributed by atoms with Gasteiger partial charge in [0.05, 0.1) is 17.9 Å². The molecule has 0 amide bonds. The molecule has 3 heterocycles. The van der Waals surface area contributed by atoms with E-state index in [0.717, 1.165) is 5.56 Å². The summed E-state index contributed by atoms with van der Waals surface area (Å²) < 4.78 is 23.3. The Morgan fingerprint density at radius 3 is 2.56 bits per heavy atom. The van der Waals surface area contributed by atoms with Crippen molar-refractivity contribution in [2.24, 2.45) is 22.2 Å². The van der Waals surface area contributed by atoms with Crippen LogP contribution in [0.4, 0.5) is 0 Å². The Hall–Kier alpha value is -2.57. The maximum atomic E-state index is 13.8. The summed E-state index contributed by atoms with van der Waals surface area (Å²) in [5, 5.41) is 0. The van der Waals surface area contributed by atoms with Gasteiger partial charge in [-0.2, -0.15) is 0 Å². The summed E-state index contributed by atoms with van der Waals surface area (Å²) in [5.74, 6) is -1.44. The number of ether oxygens (including phenoxy) is 3. The van der Waals surface area contributed by atoms with Crippen molar-refractivity contribution in [2.45, 2.75) is 78.1 Å². The summed E-state index contributed by atoms with van der Waals surface area (Å²) in [7, 11) is 0. The predicted molar refractivity (Wildman–Crippen MR) is 112 cm³/mol. The number of hydrogen-bond donors (Lipinski definition) is 0. The van der Waals surface area contributed by atoms with Crippen LogP contribution < -0.4 is 0 Å². The zero-order valence-corrected chi connectivity index (χ0v) is 19.2. The van der Waals surface area contributed by atoms with Gasteiger partial charge in [-0.15, -0.1) is 0 Å². The van der Waals surface area contributed by atoms with Crippen molar-refractivity contribution in [1.29, 1.82) is 0 Å². The van der Waals surface area contributed by atoms with Crippen LogP contribution in [0.2, 0.25) is 0 Å². The van der Waals surface area contributed by atoms with E-state index in [4.69, 9.17) is 18.6 Å². The lowest BCUT2D eigenvalue weighted by Gasteiger charge is -2.57. The van der Waals surface area contributed by atoms with Crippen LogP contribution >= 0.6 is 0 Å². The second-order valence-corrected chi connectivity index (χ2v) is 10.4. The molecule has 5 rings (SSSR count). The zero-order chi connectivity index (χ0) is 23.1. The Bertz CT molecular complexity index is 1030. The first-order valence-electron chi connectivity index (χ1n) is 11.4. The number of carbonyl (C=O) groups excluding carboxylic acids is 3. The summed E-state index contributed by atoms with van der Waals surface area (Å²) in [4.78, 5) is 39.7. The van der Waals surface area contributed by atoms with Gasteiger partial charge in [-0.05, 0) is 46.1 Å². The molecule has 2 saturated heterocycles. The van der Waals surface area contributed by atoms with Crippen LogP contribution in [0.5, 0.6) is 0 Å². The van der Waals surface area contributed by atoms with Gasteiger partial charge in [-0.3, -0.25) is 9.59 Å². The molecule has 0 radical (unpaired) electrons. The lowest BCUT2D eigenvalue weighted by Crippen LogP contribution is -2.67. The molecule has 1 aromatic heterocycles. The average Bonchev–Trinajstić information content (AvgIpc) is 3.48. The van der Waals surface area contributed by atoms with Crippen molar-refractivity contribution in [3.8, 4) is 0 Å². The minimum atomic E-state index is -1.11. The van der Waals surface area contributed by atoms with Crippen LogP contribution in [-0.4, -0.2) is 29.6 Å². The number of rotatable bonds is 3. The lowest BCUT2D eigenvalue weighted by molar-refractivity contribution is -0.227. The van der Waals surface area contributed by atoms with Crippen molar-refractivity contribution in [3.63, 3.8) is 0 Å². The molecule has 0 N–H and O–H groups in total. The molecule has 172 valence electrons. The van der Waals surface area contributed by atoms with Gasteiger partial charge in [-0.1, -0.05) is 19.9 Å². The van der Waals surface area contributed by atoms with Gasteiger partial charge >= 0.3 is 17.9 Å². The Morgan fingerprint density at radius 1 is 1.19 bits per heavy atom. The molecule has 7 heteroatoms. The van der Waals surface area contributed by atoms with Crippen LogP contribution in [0.3, 0.4) is 0 Å². The summed E-state index contributed by atoms with van der Waals surface area (Å²) in [6.45, 7) is 9.38. The summed E-state index contributed by atoms with van der Waals surface area (Å²) in [6, 6.07) is 1.79. The Balaban J connectivity index is 1.65. The van der Waals surface area contributed by atoms with Gasteiger partial charge in [0, 0.05) is 28.9 Å². The van der Waals surface area contributed by atoms with Gasteiger partial charge in [0.25, 0.3) is 0 Å². The van der Waals surface area contributed by atoms with Crippen molar-refractivity contribution in [3.05, 3.63) is 35.8 Å². The quantitative estimate of drug-likeness (QED) is 0.392. The number of carbonyl (C=O) groups is 3. The maximum absolute atomic E-state index is 13.8. The fourth-order valence-corrected chi connectivity index (χ4v) is 7.14. The Labute approximate surface area is 187 Å². The highest BCUT2D eigenvalue weighted by Crippen LogP contribution is 2.78. The number of hydrogen-bond acceptors (Lipinski definition) is 7. The normalized spacial score (nSPS) is 45.0. The molecule has 2 saturated carbocycles. The van der Waals surface area contributed by atoms with Crippen molar-refractivity contribution in [1.82, 2.24) is 0 Å². The summed E-state index contributed by atoms with van der Waals surface area (Å²) in [6.07, 6.45) is 5.83. The molecule has 7 atom stereocenters. The van der Waals surface area contributed by atoms with Gasteiger partial charge < -0.3 is 18.6 Å². The molecule has 4 fully saturated rings. The SMILES string of the molecule is CC=C(C)C(=O)OC1CC2(C)C3(C)CCC2(OC3=O)C2(CC(c3ccoc3)OC2=O)C1C. The maximum Gasteiger partial charge on any atom is 0.333 e. The van der Waals surface area contributed by atoms with Gasteiger partial charge in [0.15, 0.2) is 0 Å². The highest BCUT2D eigenvalue weighted by atomic mass is 16.6. The third-order valence-electron chi connectivity index (χ3n) is 9.52. The van der Waals surface area contributed by atoms with Gasteiger partial charge in [0.2, 0.25) is 0 Å². The van der Waals surface area contributed by atoms with Gasteiger partial charge in [-0.25, -0.2) is 4.79 Å². The first-order chi connectivity index (χ1) is 15.1. The van der Waals surface area contributed by atoms with E-state index in [1.54, 1.807) is 38.5 Å². The second kappa shape index (κ2) is 6.49. The molecule has 2 bridgehead atoms. The Kier molecular flexibility index (Phi) is 4.31. The van der Waals surface area contributed by atoms with E-state index in [0.29, 0.717) is 31.3 Å². The van der Waals surface area contributed by atoms with E-state index < -0.39 is 40.0 Å². The smallest absolute Gasteiger partial charge is 0.333 e. The molecule has 2 aliphatic heterocycles. The minimum absolute atomic E-state index is 0.269. The fraction of sp³-hybridized carbons (Fsp3) is 0.640. The monoisotopic (exact) mass is 442 g/mol. The van der Waals surface area contributed by atoms with Crippen molar-refractivity contribution >= 4 is 17.9 Å². The van der Waals surface area contributed by atoms with Crippen molar-refractivity contribution in [2.75, 3.05) is 0 Å². The first kappa shape index (κ1) is 21.3. The summed E-state index contributed by atoms with van der Waals surface area (Å²) >= 11 is 0. The standard InChI is InChI=1S/C25H30O7/c1-6-14(2)19(26)30-17-11-23(5)22(4)8-9-25(23,32-20(22)27)24(15(17)3)12-18(31-21(24)28)16-7-10-29-13-16/h6-7,10,13,15,17-18H,8-9,11-12H2,1-5H3. The molecule has 7 nitrogen and oxygen atoms in total. The molecule has 7 unspecified atom stereocenters. The molecular formula is C25H30O7. The molecule has 4 aliphatic rings. The fourth-order valence-electron chi connectivity index (χ4n) is 7.14. The Morgan fingerprint density at radius 2 is 1.94 bits per heavy atom. The van der Waals surface area contributed by atoms with E-state index in [1.165, 1.54) is 0 Å². The molecule has 1 aromatic rings. The topological polar surface area (TPSA) is 92.0 Å². The predicted octanol–water partition coefficient (Wildman–Crippen LogP) is 4.27. The highest BCUT2D eigenvalue weighted by Gasteiger charge is 2.86. The van der Waals surface area contributed by atoms with E-state index in [1.807, 2.05) is 20.8 Å². The molecule has 0 aromatic carbocycles. The number of cyclic esters (lactones) is 1. The zero-order valence-electron chi connectivity index (χ0n) is 19.2. The minimum Gasteiger partial charge on any atom is -0.472 e. The van der Waals surface area contributed by atoms with Crippen LogP contribution in [0.25, 0.3) is 0 Å². The highest BCUT2D eigenvalue weighted by molar-refractivity contribution is 5.90. The first-order valence-corrected chi connectivity index (χ1v) is 11.4. The number of esters is 3. The molecule has 2 aliphatic carbocycles. The lowest BCUT2D eigenvalue weighted by atomic mass is 9.45. The molecule has 1 spiro atoms.